The normalized spacial score (nSPS) is 16.1. The van der Waals surface area contributed by atoms with Crippen LogP contribution in [0.3, 0.4) is 0 Å². The lowest BCUT2D eigenvalue weighted by atomic mass is 10.2. The minimum atomic E-state index is -1.13. The summed E-state index contributed by atoms with van der Waals surface area (Å²) in [5.74, 6) is -0.675. The predicted molar refractivity (Wildman–Crippen MR) is 102 cm³/mol. The summed E-state index contributed by atoms with van der Waals surface area (Å²) in [5.41, 5.74) is 0.632. The van der Waals surface area contributed by atoms with Crippen LogP contribution in [0.2, 0.25) is 10.0 Å². The highest BCUT2D eigenvalue weighted by Gasteiger charge is 2.33. The van der Waals surface area contributed by atoms with Gasteiger partial charge in [-0.05, 0) is 30.3 Å². The van der Waals surface area contributed by atoms with E-state index in [-0.39, 0.29) is 4.32 Å². The van der Waals surface area contributed by atoms with E-state index in [1.165, 1.54) is 6.08 Å². The van der Waals surface area contributed by atoms with Crippen molar-refractivity contribution in [2.75, 3.05) is 6.54 Å². The standard InChI is InChI=1S/C16H9Cl2NO4S2/c17-8-1-3-11(18)10(5-8)12-4-2-9(23-12)6-13-15(22)19(7-14(20)21)16(24)25-13/h1-6H,7H2,(H,20,21)/b13-6+. The summed E-state index contributed by atoms with van der Waals surface area (Å²) >= 11 is 18.2. The van der Waals surface area contributed by atoms with E-state index in [0.717, 1.165) is 16.7 Å². The molecule has 25 heavy (non-hydrogen) atoms. The van der Waals surface area contributed by atoms with Gasteiger partial charge < -0.3 is 9.52 Å². The molecule has 128 valence electrons. The van der Waals surface area contributed by atoms with Crippen LogP contribution in [0.5, 0.6) is 0 Å². The third kappa shape index (κ3) is 3.90. The first-order valence-corrected chi connectivity index (χ1v) is 8.85. The van der Waals surface area contributed by atoms with Crippen LogP contribution in [-0.4, -0.2) is 32.7 Å². The quantitative estimate of drug-likeness (QED) is 0.585. The maximum absolute atomic E-state index is 12.2. The molecule has 0 bridgehead atoms. The van der Waals surface area contributed by atoms with Gasteiger partial charge in [0.2, 0.25) is 0 Å². The number of furan rings is 1. The van der Waals surface area contributed by atoms with Gasteiger partial charge in [-0.15, -0.1) is 0 Å². The maximum atomic E-state index is 12.2. The van der Waals surface area contributed by atoms with Crippen LogP contribution in [0, 0.1) is 0 Å². The highest BCUT2D eigenvalue weighted by molar-refractivity contribution is 8.26. The molecule has 9 heteroatoms. The lowest BCUT2D eigenvalue weighted by Crippen LogP contribution is -2.33. The molecule has 5 nitrogen and oxygen atoms in total. The van der Waals surface area contributed by atoms with E-state index < -0.39 is 18.4 Å². The van der Waals surface area contributed by atoms with Gasteiger partial charge in [-0.25, -0.2) is 0 Å². The Labute approximate surface area is 162 Å². The van der Waals surface area contributed by atoms with E-state index in [9.17, 15) is 9.59 Å². The topological polar surface area (TPSA) is 70.8 Å². The summed E-state index contributed by atoms with van der Waals surface area (Å²) in [7, 11) is 0. The van der Waals surface area contributed by atoms with Crippen LogP contribution in [0.1, 0.15) is 5.76 Å². The number of carbonyl (C=O) groups is 2. The fraction of sp³-hybridized carbons (Fsp3) is 0.0625. The molecule has 0 atom stereocenters. The number of hydrogen-bond acceptors (Lipinski definition) is 5. The zero-order chi connectivity index (χ0) is 18.1. The van der Waals surface area contributed by atoms with Gasteiger partial charge in [0.1, 0.15) is 22.4 Å². The van der Waals surface area contributed by atoms with Gasteiger partial charge in [0, 0.05) is 16.7 Å². The molecule has 0 radical (unpaired) electrons. The first-order valence-electron chi connectivity index (χ1n) is 6.87. The largest absolute Gasteiger partial charge is 0.480 e. The summed E-state index contributed by atoms with van der Waals surface area (Å²) in [6.45, 7) is -0.469. The minimum Gasteiger partial charge on any atom is -0.480 e. The second-order valence-corrected chi connectivity index (χ2v) is 7.51. The molecular formula is C16H9Cl2NO4S2. The second-order valence-electron chi connectivity index (χ2n) is 4.99. The van der Waals surface area contributed by atoms with Crippen LogP contribution in [-0.2, 0) is 9.59 Å². The molecule has 0 saturated carbocycles. The van der Waals surface area contributed by atoms with Crippen LogP contribution < -0.4 is 0 Å². The number of amides is 1. The molecule has 0 unspecified atom stereocenters. The van der Waals surface area contributed by atoms with Gasteiger partial charge in [-0.2, -0.15) is 0 Å². The van der Waals surface area contributed by atoms with Crippen LogP contribution in [0.4, 0.5) is 0 Å². The number of hydrogen-bond donors (Lipinski definition) is 1. The molecule has 1 saturated heterocycles. The Bertz CT molecular complexity index is 923. The summed E-state index contributed by atoms with van der Waals surface area (Å²) in [4.78, 5) is 24.4. The number of aliphatic carboxylic acids is 1. The van der Waals surface area contributed by atoms with Gasteiger partial charge in [0.05, 0.1) is 9.93 Å². The van der Waals surface area contributed by atoms with Gasteiger partial charge in [-0.3, -0.25) is 14.5 Å². The molecule has 3 rings (SSSR count). The highest BCUT2D eigenvalue weighted by Crippen LogP contribution is 2.35. The number of carboxylic acids is 1. The van der Waals surface area contributed by atoms with Gasteiger partial charge in [-0.1, -0.05) is 47.2 Å². The van der Waals surface area contributed by atoms with Crippen LogP contribution in [0.25, 0.3) is 17.4 Å². The fourth-order valence-corrected chi connectivity index (χ4v) is 3.78. The van der Waals surface area contributed by atoms with E-state index in [1.54, 1.807) is 30.3 Å². The molecule has 1 aromatic carbocycles. The molecule has 0 spiro atoms. The number of benzene rings is 1. The zero-order valence-corrected chi connectivity index (χ0v) is 15.5. The Balaban J connectivity index is 1.87. The molecule has 1 aromatic heterocycles. The number of carboxylic acid groups (broad SMARTS) is 1. The van der Waals surface area contributed by atoms with Crippen molar-refractivity contribution in [2.24, 2.45) is 0 Å². The average Bonchev–Trinajstić information content (AvgIpc) is 3.10. The van der Waals surface area contributed by atoms with E-state index in [0.29, 0.717) is 32.0 Å². The first kappa shape index (κ1) is 18.0. The second kappa shape index (κ2) is 7.21. The van der Waals surface area contributed by atoms with Crippen molar-refractivity contribution in [3.63, 3.8) is 0 Å². The number of nitrogens with zero attached hydrogens (tertiary/aromatic N) is 1. The summed E-state index contributed by atoms with van der Waals surface area (Å²) in [5, 5.41) is 9.84. The Kier molecular flexibility index (Phi) is 5.19. The summed E-state index contributed by atoms with van der Waals surface area (Å²) in [6, 6.07) is 8.40. The third-order valence-electron chi connectivity index (χ3n) is 3.26. The molecule has 1 fully saturated rings. The molecule has 1 aliphatic heterocycles. The lowest BCUT2D eigenvalue weighted by molar-refractivity contribution is -0.140. The first-order chi connectivity index (χ1) is 11.8. The smallest absolute Gasteiger partial charge is 0.323 e. The lowest BCUT2D eigenvalue weighted by Gasteiger charge is -2.09. The Morgan fingerprint density at radius 3 is 2.80 bits per heavy atom. The molecule has 2 aromatic rings. The van der Waals surface area contributed by atoms with Crippen molar-refractivity contribution < 1.29 is 19.1 Å². The van der Waals surface area contributed by atoms with E-state index in [4.69, 9.17) is 44.9 Å². The van der Waals surface area contributed by atoms with Crippen molar-refractivity contribution in [1.82, 2.24) is 4.90 Å². The average molecular weight is 414 g/mol. The predicted octanol–water partition coefficient (Wildman–Crippen LogP) is 4.54. The summed E-state index contributed by atoms with van der Waals surface area (Å²) < 4.78 is 5.90. The monoisotopic (exact) mass is 413 g/mol. The number of carbonyl (C=O) groups excluding carboxylic acids is 1. The van der Waals surface area contributed by atoms with Gasteiger partial charge >= 0.3 is 5.97 Å². The number of thiocarbonyl (C=S) groups is 1. The maximum Gasteiger partial charge on any atom is 0.323 e. The van der Waals surface area contributed by atoms with Crippen molar-refractivity contribution >= 4 is 69.5 Å². The molecule has 1 N–H and O–H groups in total. The van der Waals surface area contributed by atoms with Gasteiger partial charge in [0.15, 0.2) is 0 Å². The Hall–Kier alpha value is -1.80. The van der Waals surface area contributed by atoms with E-state index in [1.807, 2.05) is 0 Å². The zero-order valence-electron chi connectivity index (χ0n) is 12.4. The highest BCUT2D eigenvalue weighted by atomic mass is 35.5. The Morgan fingerprint density at radius 2 is 2.08 bits per heavy atom. The van der Waals surface area contributed by atoms with Crippen molar-refractivity contribution in [3.8, 4) is 11.3 Å². The van der Waals surface area contributed by atoms with Crippen LogP contribution in [0.15, 0.2) is 39.7 Å². The third-order valence-corrected chi connectivity index (χ3v) is 5.20. The molecule has 1 aliphatic rings. The SMILES string of the molecule is O=C(O)CN1C(=O)/C(=C\c2ccc(-c3cc(Cl)ccc3Cl)o2)SC1=S. The number of halogens is 2. The summed E-state index contributed by atoms with van der Waals surface area (Å²) in [6.07, 6.45) is 1.52. The fourth-order valence-electron chi connectivity index (χ4n) is 2.16. The Morgan fingerprint density at radius 1 is 1.32 bits per heavy atom. The van der Waals surface area contributed by atoms with E-state index in [2.05, 4.69) is 0 Å². The molecule has 0 aliphatic carbocycles. The van der Waals surface area contributed by atoms with E-state index >= 15 is 0 Å². The minimum absolute atomic E-state index is 0.198. The number of thioether (sulfide) groups is 1. The van der Waals surface area contributed by atoms with Crippen LogP contribution >= 0.6 is 47.2 Å². The molecule has 2 heterocycles. The van der Waals surface area contributed by atoms with Crippen molar-refractivity contribution in [2.45, 2.75) is 0 Å². The molecule has 1 amide bonds. The van der Waals surface area contributed by atoms with Crippen molar-refractivity contribution in [1.29, 1.82) is 0 Å². The van der Waals surface area contributed by atoms with Crippen molar-refractivity contribution in [3.05, 3.63) is 51.0 Å². The molecular weight excluding hydrogens is 405 g/mol. The van der Waals surface area contributed by atoms with Gasteiger partial charge in [0.25, 0.3) is 5.91 Å². The number of rotatable bonds is 4.